The number of amides is 2. The van der Waals surface area contributed by atoms with Gasteiger partial charge in [-0.15, -0.1) is 21.5 Å². The molecule has 3 aliphatic heterocycles. The molecular weight excluding hydrogens is 518 g/mol. The highest BCUT2D eigenvalue weighted by Gasteiger charge is 2.36. The molecule has 1 saturated carbocycles. The van der Waals surface area contributed by atoms with Crippen molar-refractivity contribution in [3.63, 3.8) is 0 Å². The fourth-order valence-electron chi connectivity index (χ4n) is 4.71. The zero-order valence-electron chi connectivity index (χ0n) is 21.7. The van der Waals surface area contributed by atoms with Gasteiger partial charge in [0.05, 0.1) is 19.2 Å². The predicted octanol–water partition coefficient (Wildman–Crippen LogP) is 2.71. The van der Waals surface area contributed by atoms with Gasteiger partial charge in [-0.1, -0.05) is 12.1 Å². The lowest BCUT2D eigenvalue weighted by molar-refractivity contribution is -0.123. The molecule has 2 N–H and O–H groups in total. The van der Waals surface area contributed by atoms with E-state index < -0.39 is 0 Å². The summed E-state index contributed by atoms with van der Waals surface area (Å²) in [7, 11) is 0. The molecule has 2 amide bonds. The molecule has 0 unspecified atom stereocenters. The number of hydrogen-bond donors (Lipinski definition) is 2. The smallest absolute Gasteiger partial charge is 0.258 e. The fraction of sp³-hybridized carbons (Fsp3) is 0.429. The fourth-order valence-corrected chi connectivity index (χ4v) is 5.46. The summed E-state index contributed by atoms with van der Waals surface area (Å²) in [6.45, 7) is 4.61. The number of hydrogen-bond acceptors (Lipinski definition) is 9. The lowest BCUT2D eigenvalue weighted by atomic mass is 10.1. The summed E-state index contributed by atoms with van der Waals surface area (Å²) in [5.41, 5.74) is 1.35. The van der Waals surface area contributed by atoms with Crippen molar-refractivity contribution >= 4 is 23.2 Å². The van der Waals surface area contributed by atoms with Crippen LogP contribution in [-0.2, 0) is 17.9 Å². The van der Waals surface area contributed by atoms with Gasteiger partial charge in [-0.3, -0.25) is 14.5 Å². The molecule has 3 aromatic rings. The Bertz CT molecular complexity index is 1340. The highest BCUT2D eigenvalue weighted by molar-refractivity contribution is 7.11. The SMILES string of the molecule is Cc1nnc(CN2C[C@@H]3NC(=O)c4cc(cc(OCC5CC5)c4)OCC(=O)NCc4ccc(cc4)O[C@H]3C2)s1. The number of aromatic nitrogens is 2. The van der Waals surface area contributed by atoms with E-state index in [0.717, 1.165) is 28.4 Å². The molecule has 2 atom stereocenters. The summed E-state index contributed by atoms with van der Waals surface area (Å²) < 4.78 is 18.1. The summed E-state index contributed by atoms with van der Waals surface area (Å²) in [6, 6.07) is 12.5. The molecule has 4 aliphatic rings. The second kappa shape index (κ2) is 11.2. The average Bonchev–Trinajstić information content (AvgIpc) is 3.57. The number of carbonyl (C=O) groups excluding carboxylic acids is 2. The minimum Gasteiger partial charge on any atom is -0.493 e. The predicted molar refractivity (Wildman–Crippen MR) is 144 cm³/mol. The first kappa shape index (κ1) is 25.6. The van der Waals surface area contributed by atoms with Gasteiger partial charge < -0.3 is 24.8 Å². The number of ether oxygens (including phenoxy) is 3. The van der Waals surface area contributed by atoms with Crippen molar-refractivity contribution in [2.24, 2.45) is 5.92 Å². The first-order valence-corrected chi connectivity index (χ1v) is 14.0. The summed E-state index contributed by atoms with van der Waals surface area (Å²) in [5.74, 6) is 1.70. The quantitative estimate of drug-likeness (QED) is 0.499. The molecule has 0 radical (unpaired) electrons. The van der Waals surface area contributed by atoms with Crippen LogP contribution in [0.15, 0.2) is 42.5 Å². The third-order valence-corrected chi connectivity index (χ3v) is 7.80. The van der Waals surface area contributed by atoms with Gasteiger partial charge in [-0.2, -0.15) is 0 Å². The molecule has 1 aliphatic carbocycles. The summed E-state index contributed by atoms with van der Waals surface area (Å²) >= 11 is 1.57. The van der Waals surface area contributed by atoms with E-state index in [4.69, 9.17) is 14.2 Å². The van der Waals surface area contributed by atoms with Crippen molar-refractivity contribution in [1.82, 2.24) is 25.7 Å². The van der Waals surface area contributed by atoms with E-state index in [1.54, 1.807) is 29.5 Å². The molecule has 0 spiro atoms. The topological polar surface area (TPSA) is 115 Å². The summed E-state index contributed by atoms with van der Waals surface area (Å²) in [6.07, 6.45) is 2.04. The standard InChI is InChI=1S/C28H31N5O5S/c1-17-31-32-27(39-17)14-33-12-24-25(13-33)38-21-6-4-18(5-7-21)11-29-26(34)16-37-23-9-20(28(35)30-24)8-22(10-23)36-15-19-2-3-19/h4-10,19,24-25H,2-3,11-16H2,1H3,(H,29,34)(H,30,35)/t24-,25-/m0/s1. The average molecular weight is 550 g/mol. The van der Waals surface area contributed by atoms with Gasteiger partial charge in [0, 0.05) is 31.3 Å². The van der Waals surface area contributed by atoms with Crippen molar-refractivity contribution in [3.8, 4) is 17.2 Å². The Hall–Kier alpha value is -3.70. The number of aryl methyl sites for hydroxylation is 1. The molecule has 4 bridgehead atoms. The normalized spacial score (nSPS) is 21.8. The van der Waals surface area contributed by atoms with Crippen molar-refractivity contribution in [2.75, 3.05) is 26.3 Å². The van der Waals surface area contributed by atoms with Crippen LogP contribution in [-0.4, -0.2) is 65.4 Å². The Morgan fingerprint density at radius 2 is 1.92 bits per heavy atom. The van der Waals surface area contributed by atoms with E-state index in [1.807, 2.05) is 31.2 Å². The molecule has 1 aromatic heterocycles. The number of benzene rings is 2. The Morgan fingerprint density at radius 3 is 2.69 bits per heavy atom. The van der Waals surface area contributed by atoms with Crippen LogP contribution < -0.4 is 24.8 Å². The van der Waals surface area contributed by atoms with E-state index in [-0.39, 0.29) is 30.6 Å². The van der Waals surface area contributed by atoms with Gasteiger partial charge in [0.15, 0.2) is 6.61 Å². The Balaban J connectivity index is 1.26. The maximum atomic E-state index is 13.5. The van der Waals surface area contributed by atoms with Crippen LogP contribution in [0.4, 0.5) is 0 Å². The van der Waals surface area contributed by atoms with Gasteiger partial charge in [0.2, 0.25) is 0 Å². The van der Waals surface area contributed by atoms with Crippen LogP contribution in [0.3, 0.4) is 0 Å². The largest absolute Gasteiger partial charge is 0.493 e. The summed E-state index contributed by atoms with van der Waals surface area (Å²) in [4.78, 5) is 28.2. The van der Waals surface area contributed by atoms with Crippen LogP contribution in [0.25, 0.3) is 0 Å². The maximum absolute atomic E-state index is 13.5. The Labute approximate surface area is 230 Å². The minimum atomic E-state index is -0.269. The number of rotatable bonds is 5. The van der Waals surface area contributed by atoms with Crippen LogP contribution in [0.5, 0.6) is 17.2 Å². The zero-order valence-corrected chi connectivity index (χ0v) is 22.5. The van der Waals surface area contributed by atoms with Crippen LogP contribution in [0, 0.1) is 12.8 Å². The van der Waals surface area contributed by atoms with Crippen molar-refractivity contribution in [2.45, 2.75) is 45.0 Å². The van der Waals surface area contributed by atoms with Crippen molar-refractivity contribution in [1.29, 1.82) is 0 Å². The third-order valence-electron chi connectivity index (χ3n) is 6.98. The number of fused-ring (bicyclic) bond motifs is 7. The summed E-state index contributed by atoms with van der Waals surface area (Å²) in [5, 5.41) is 16.3. The molecule has 11 heteroatoms. The van der Waals surface area contributed by atoms with Gasteiger partial charge in [0.25, 0.3) is 11.8 Å². The number of likely N-dealkylation sites (tertiary alicyclic amines) is 1. The molecule has 2 fully saturated rings. The first-order chi connectivity index (χ1) is 19.0. The molecule has 10 nitrogen and oxygen atoms in total. The second-order valence-corrected chi connectivity index (χ2v) is 11.6. The first-order valence-electron chi connectivity index (χ1n) is 13.2. The second-order valence-electron chi connectivity index (χ2n) is 10.3. The number of nitrogens with zero attached hydrogens (tertiary/aromatic N) is 3. The minimum absolute atomic E-state index is 0.168. The monoisotopic (exact) mass is 549 g/mol. The van der Waals surface area contributed by atoms with Crippen molar-refractivity contribution in [3.05, 3.63) is 63.6 Å². The van der Waals surface area contributed by atoms with E-state index in [1.165, 1.54) is 0 Å². The van der Waals surface area contributed by atoms with Crippen LogP contribution >= 0.6 is 11.3 Å². The number of carbonyl (C=O) groups is 2. The molecule has 1 saturated heterocycles. The Morgan fingerprint density at radius 1 is 1.08 bits per heavy atom. The third kappa shape index (κ3) is 6.66. The van der Waals surface area contributed by atoms with E-state index in [2.05, 4.69) is 25.7 Å². The van der Waals surface area contributed by atoms with E-state index in [0.29, 0.717) is 61.5 Å². The molecule has 7 rings (SSSR count). The highest BCUT2D eigenvalue weighted by atomic mass is 32.1. The molecule has 2 aromatic carbocycles. The van der Waals surface area contributed by atoms with E-state index in [9.17, 15) is 9.59 Å². The lowest BCUT2D eigenvalue weighted by Gasteiger charge is -2.22. The molecule has 39 heavy (non-hydrogen) atoms. The van der Waals surface area contributed by atoms with Crippen molar-refractivity contribution < 1.29 is 23.8 Å². The van der Waals surface area contributed by atoms with Gasteiger partial charge in [-0.05, 0) is 55.5 Å². The van der Waals surface area contributed by atoms with E-state index >= 15 is 0 Å². The van der Waals surface area contributed by atoms with Gasteiger partial charge >= 0.3 is 0 Å². The zero-order chi connectivity index (χ0) is 26.8. The lowest BCUT2D eigenvalue weighted by Crippen LogP contribution is -2.45. The Kier molecular flexibility index (Phi) is 7.34. The van der Waals surface area contributed by atoms with Gasteiger partial charge in [-0.25, -0.2) is 0 Å². The van der Waals surface area contributed by atoms with Crippen LogP contribution in [0.2, 0.25) is 0 Å². The molecule has 4 heterocycles. The number of nitrogens with one attached hydrogen (secondary N) is 2. The highest BCUT2D eigenvalue weighted by Crippen LogP contribution is 2.31. The molecular formula is C28H31N5O5S. The maximum Gasteiger partial charge on any atom is 0.258 e. The van der Waals surface area contributed by atoms with Crippen LogP contribution in [0.1, 0.15) is 38.8 Å². The molecule has 204 valence electrons. The van der Waals surface area contributed by atoms with Gasteiger partial charge in [0.1, 0.15) is 33.4 Å².